The number of piperazine rings is 1. The van der Waals surface area contributed by atoms with Gasteiger partial charge in [-0.15, -0.1) is 0 Å². The SMILES string of the molecule is CC(C)(C)CCN1CCN(Cc2nc(N)c3ccccc3n2)CC1. The number of nitrogens with two attached hydrogens (primary N) is 1. The maximum Gasteiger partial charge on any atom is 0.145 e. The standard InChI is InChI=1S/C19H29N5/c1-19(2,3)8-9-23-10-12-24(13-11-23)14-17-21-16-7-5-4-6-15(16)18(20)22-17/h4-7H,8-14H2,1-3H3,(H2,20,21,22). The van der Waals surface area contributed by atoms with Gasteiger partial charge in [-0.1, -0.05) is 32.9 Å². The van der Waals surface area contributed by atoms with Crippen molar-refractivity contribution in [3.8, 4) is 0 Å². The lowest BCUT2D eigenvalue weighted by atomic mass is 9.92. The molecule has 0 spiro atoms. The Balaban J connectivity index is 1.56. The number of para-hydroxylation sites is 1. The summed E-state index contributed by atoms with van der Waals surface area (Å²) in [5, 5.41) is 0.938. The van der Waals surface area contributed by atoms with Crippen molar-refractivity contribution in [1.29, 1.82) is 0 Å². The average Bonchev–Trinajstić information content (AvgIpc) is 2.54. The minimum absolute atomic E-state index is 0.410. The van der Waals surface area contributed by atoms with Gasteiger partial charge in [0.05, 0.1) is 12.1 Å². The van der Waals surface area contributed by atoms with Crippen LogP contribution in [0, 0.1) is 5.41 Å². The van der Waals surface area contributed by atoms with Gasteiger partial charge in [-0.2, -0.15) is 0 Å². The van der Waals surface area contributed by atoms with Gasteiger partial charge in [-0.25, -0.2) is 9.97 Å². The summed E-state index contributed by atoms with van der Waals surface area (Å²) in [5.74, 6) is 1.41. The van der Waals surface area contributed by atoms with Crippen LogP contribution in [-0.2, 0) is 6.54 Å². The summed E-state index contributed by atoms with van der Waals surface area (Å²) in [6, 6.07) is 7.94. The summed E-state index contributed by atoms with van der Waals surface area (Å²) < 4.78 is 0. The van der Waals surface area contributed by atoms with Crippen LogP contribution in [-0.4, -0.2) is 52.5 Å². The van der Waals surface area contributed by atoms with Crippen LogP contribution in [0.1, 0.15) is 33.0 Å². The molecule has 0 bridgehead atoms. The summed E-state index contributed by atoms with van der Waals surface area (Å²) in [7, 11) is 0. The third kappa shape index (κ3) is 4.42. The third-order valence-corrected chi connectivity index (χ3v) is 4.69. The van der Waals surface area contributed by atoms with Crippen molar-refractivity contribution in [2.75, 3.05) is 38.5 Å². The first-order valence-electron chi connectivity index (χ1n) is 8.86. The topological polar surface area (TPSA) is 58.3 Å². The minimum atomic E-state index is 0.410. The van der Waals surface area contributed by atoms with Crippen LogP contribution in [0.4, 0.5) is 5.82 Å². The first-order chi connectivity index (χ1) is 11.4. The summed E-state index contributed by atoms with van der Waals surface area (Å²) in [5.41, 5.74) is 7.43. The molecule has 24 heavy (non-hydrogen) atoms. The molecule has 2 N–H and O–H groups in total. The number of rotatable bonds is 4. The van der Waals surface area contributed by atoms with Crippen LogP contribution in [0.15, 0.2) is 24.3 Å². The van der Waals surface area contributed by atoms with E-state index in [0.717, 1.165) is 49.5 Å². The lowest BCUT2D eigenvalue weighted by molar-refractivity contribution is 0.114. The molecule has 3 rings (SSSR count). The second-order valence-electron chi connectivity index (χ2n) is 7.97. The van der Waals surface area contributed by atoms with E-state index in [-0.39, 0.29) is 0 Å². The van der Waals surface area contributed by atoms with Crippen molar-refractivity contribution in [2.45, 2.75) is 33.7 Å². The van der Waals surface area contributed by atoms with E-state index in [4.69, 9.17) is 5.73 Å². The summed E-state index contributed by atoms with van der Waals surface area (Å²) in [6.07, 6.45) is 1.25. The molecular formula is C19H29N5. The summed E-state index contributed by atoms with van der Waals surface area (Å²) >= 11 is 0. The van der Waals surface area contributed by atoms with Gasteiger partial charge < -0.3 is 10.6 Å². The van der Waals surface area contributed by atoms with E-state index in [2.05, 4.69) is 40.5 Å². The Kier molecular flexibility index (Phi) is 5.01. The molecule has 0 aliphatic carbocycles. The van der Waals surface area contributed by atoms with Crippen LogP contribution in [0.2, 0.25) is 0 Å². The molecule has 2 heterocycles. The molecule has 5 nitrogen and oxygen atoms in total. The van der Waals surface area contributed by atoms with Crippen molar-refractivity contribution >= 4 is 16.7 Å². The molecule has 2 aromatic rings. The fourth-order valence-electron chi connectivity index (χ4n) is 3.09. The molecule has 1 aliphatic rings. The van der Waals surface area contributed by atoms with Gasteiger partial charge in [-0.3, -0.25) is 4.90 Å². The van der Waals surface area contributed by atoms with Crippen LogP contribution < -0.4 is 5.73 Å². The van der Waals surface area contributed by atoms with E-state index < -0.39 is 0 Å². The van der Waals surface area contributed by atoms with Crippen molar-refractivity contribution in [3.05, 3.63) is 30.1 Å². The van der Waals surface area contributed by atoms with Gasteiger partial charge in [0.2, 0.25) is 0 Å². The van der Waals surface area contributed by atoms with E-state index >= 15 is 0 Å². The molecule has 1 saturated heterocycles. The largest absolute Gasteiger partial charge is 0.383 e. The Labute approximate surface area is 144 Å². The van der Waals surface area contributed by atoms with Gasteiger partial charge in [0, 0.05) is 31.6 Å². The first kappa shape index (κ1) is 17.1. The zero-order chi connectivity index (χ0) is 17.2. The number of hydrogen-bond acceptors (Lipinski definition) is 5. The first-order valence-corrected chi connectivity index (χ1v) is 8.86. The van der Waals surface area contributed by atoms with Gasteiger partial charge in [0.1, 0.15) is 11.6 Å². The number of anilines is 1. The second-order valence-corrected chi connectivity index (χ2v) is 7.97. The molecule has 0 atom stereocenters. The predicted molar refractivity (Wildman–Crippen MR) is 99.7 cm³/mol. The molecule has 1 aromatic carbocycles. The van der Waals surface area contributed by atoms with Gasteiger partial charge in [-0.05, 0) is 30.5 Å². The van der Waals surface area contributed by atoms with Gasteiger partial charge in [0.15, 0.2) is 0 Å². The quantitative estimate of drug-likeness (QED) is 0.936. The Morgan fingerprint density at radius 1 is 1.00 bits per heavy atom. The van der Waals surface area contributed by atoms with Crippen LogP contribution in [0.3, 0.4) is 0 Å². The van der Waals surface area contributed by atoms with E-state index in [0.29, 0.717) is 11.2 Å². The van der Waals surface area contributed by atoms with Crippen LogP contribution >= 0.6 is 0 Å². The Morgan fingerprint density at radius 2 is 1.67 bits per heavy atom. The lowest BCUT2D eigenvalue weighted by Gasteiger charge is -2.35. The van der Waals surface area contributed by atoms with Crippen molar-refractivity contribution in [2.24, 2.45) is 5.41 Å². The molecule has 5 heteroatoms. The lowest BCUT2D eigenvalue weighted by Crippen LogP contribution is -2.46. The zero-order valence-corrected chi connectivity index (χ0v) is 15.1. The molecule has 1 fully saturated rings. The molecule has 130 valence electrons. The maximum absolute atomic E-state index is 6.09. The third-order valence-electron chi connectivity index (χ3n) is 4.69. The van der Waals surface area contributed by atoms with Gasteiger partial charge in [0.25, 0.3) is 0 Å². The number of benzene rings is 1. The van der Waals surface area contributed by atoms with E-state index in [1.54, 1.807) is 0 Å². The van der Waals surface area contributed by atoms with Crippen molar-refractivity contribution < 1.29 is 0 Å². The molecule has 1 aromatic heterocycles. The van der Waals surface area contributed by atoms with Crippen LogP contribution in [0.5, 0.6) is 0 Å². The Bertz CT molecular complexity index is 684. The smallest absolute Gasteiger partial charge is 0.145 e. The van der Waals surface area contributed by atoms with E-state index in [9.17, 15) is 0 Å². The number of nitrogens with zero attached hydrogens (tertiary/aromatic N) is 4. The Hall–Kier alpha value is -1.72. The maximum atomic E-state index is 6.09. The fourth-order valence-corrected chi connectivity index (χ4v) is 3.09. The Morgan fingerprint density at radius 3 is 2.38 bits per heavy atom. The fraction of sp³-hybridized carbons (Fsp3) is 0.579. The predicted octanol–water partition coefficient (Wildman–Crippen LogP) is 2.77. The van der Waals surface area contributed by atoms with E-state index in [1.165, 1.54) is 13.0 Å². The van der Waals surface area contributed by atoms with Crippen LogP contribution in [0.25, 0.3) is 10.9 Å². The van der Waals surface area contributed by atoms with Crippen molar-refractivity contribution in [1.82, 2.24) is 19.8 Å². The molecule has 0 radical (unpaired) electrons. The monoisotopic (exact) mass is 327 g/mol. The molecule has 0 amide bonds. The number of aromatic nitrogens is 2. The molecule has 0 saturated carbocycles. The van der Waals surface area contributed by atoms with Gasteiger partial charge >= 0.3 is 0 Å². The summed E-state index contributed by atoms with van der Waals surface area (Å²) in [4.78, 5) is 14.2. The number of nitrogen functional groups attached to an aromatic ring is 1. The zero-order valence-electron chi connectivity index (χ0n) is 15.1. The molecular weight excluding hydrogens is 298 g/mol. The normalized spacial score (nSPS) is 17.5. The van der Waals surface area contributed by atoms with E-state index in [1.807, 2.05) is 24.3 Å². The summed E-state index contributed by atoms with van der Waals surface area (Å²) in [6.45, 7) is 13.3. The second kappa shape index (κ2) is 7.03. The highest BCUT2D eigenvalue weighted by Crippen LogP contribution is 2.20. The number of hydrogen-bond donors (Lipinski definition) is 1. The molecule has 1 aliphatic heterocycles. The minimum Gasteiger partial charge on any atom is -0.383 e. The van der Waals surface area contributed by atoms with Crippen molar-refractivity contribution in [3.63, 3.8) is 0 Å². The number of fused-ring (bicyclic) bond motifs is 1. The highest BCUT2D eigenvalue weighted by Gasteiger charge is 2.20. The molecule has 0 unspecified atom stereocenters. The highest BCUT2D eigenvalue weighted by atomic mass is 15.3. The highest BCUT2D eigenvalue weighted by molar-refractivity contribution is 5.87. The average molecular weight is 327 g/mol.